The summed E-state index contributed by atoms with van der Waals surface area (Å²) in [4.78, 5) is 10.3. The minimum Gasteiger partial charge on any atom is -0.299 e. The minimum atomic E-state index is -4.52. The zero-order chi connectivity index (χ0) is 19.0. The number of likely N-dealkylation sites (tertiary alicyclic amines) is 1. The molecule has 0 aliphatic carbocycles. The number of hydrogen-bond acceptors (Lipinski definition) is 4. The molecule has 0 bridgehead atoms. The van der Waals surface area contributed by atoms with Crippen molar-refractivity contribution in [3.8, 4) is 0 Å². The molecule has 1 aliphatic heterocycles. The van der Waals surface area contributed by atoms with E-state index in [4.69, 9.17) is 0 Å². The van der Waals surface area contributed by atoms with Gasteiger partial charge in [-0.25, -0.2) is 9.37 Å². The Morgan fingerprint density at radius 2 is 1.78 bits per heavy atom. The van der Waals surface area contributed by atoms with Gasteiger partial charge in [-0.1, -0.05) is 12.1 Å². The molecule has 3 aromatic rings. The summed E-state index contributed by atoms with van der Waals surface area (Å²) in [6.45, 7) is 2.17. The van der Waals surface area contributed by atoms with E-state index < -0.39 is 11.9 Å². The molecule has 0 N–H and O–H groups in total. The molecule has 3 heterocycles. The van der Waals surface area contributed by atoms with Crippen molar-refractivity contribution >= 4 is 5.78 Å². The van der Waals surface area contributed by atoms with Gasteiger partial charge in [-0.3, -0.25) is 4.90 Å². The van der Waals surface area contributed by atoms with Crippen molar-refractivity contribution in [2.45, 2.75) is 31.5 Å². The highest BCUT2D eigenvalue weighted by molar-refractivity contribution is 5.33. The van der Waals surface area contributed by atoms with Gasteiger partial charge >= 0.3 is 6.18 Å². The maximum atomic E-state index is 13.3. The molecule has 0 atom stereocenters. The first kappa shape index (κ1) is 17.8. The fraction of sp³-hybridized carbons (Fsp3) is 0.389. The molecule has 0 radical (unpaired) electrons. The van der Waals surface area contributed by atoms with Gasteiger partial charge in [0.25, 0.3) is 5.78 Å². The molecule has 9 heteroatoms. The van der Waals surface area contributed by atoms with Gasteiger partial charge in [-0.05, 0) is 49.7 Å². The minimum absolute atomic E-state index is 0.0337. The predicted molar refractivity (Wildman–Crippen MR) is 89.4 cm³/mol. The predicted octanol–water partition coefficient (Wildman–Crippen LogP) is 3.66. The molecular weight excluding hydrogens is 362 g/mol. The Morgan fingerprint density at radius 3 is 2.44 bits per heavy atom. The van der Waals surface area contributed by atoms with E-state index in [0.29, 0.717) is 25.1 Å². The number of nitrogens with zero attached hydrogens (tertiary/aromatic N) is 5. The summed E-state index contributed by atoms with van der Waals surface area (Å²) in [7, 11) is 0. The largest absolute Gasteiger partial charge is 0.433 e. The number of hydrogen-bond donors (Lipinski definition) is 0. The number of aromatic nitrogens is 4. The fourth-order valence-corrected chi connectivity index (χ4v) is 3.48. The van der Waals surface area contributed by atoms with Crippen molar-refractivity contribution < 1.29 is 17.6 Å². The molecule has 27 heavy (non-hydrogen) atoms. The molecule has 1 aliphatic rings. The second-order valence-corrected chi connectivity index (χ2v) is 6.71. The van der Waals surface area contributed by atoms with E-state index in [1.807, 2.05) is 0 Å². The number of halogens is 4. The summed E-state index contributed by atoms with van der Waals surface area (Å²) in [5, 5.41) is 3.62. The van der Waals surface area contributed by atoms with Gasteiger partial charge in [-0.2, -0.15) is 27.8 Å². The quantitative estimate of drug-likeness (QED) is 0.652. The first-order valence-electron chi connectivity index (χ1n) is 8.65. The average Bonchev–Trinajstić information content (AvgIpc) is 3.11. The third-order valence-electron chi connectivity index (χ3n) is 4.89. The third-order valence-corrected chi connectivity index (χ3v) is 4.89. The second kappa shape index (κ2) is 6.88. The van der Waals surface area contributed by atoms with Crippen LogP contribution in [-0.2, 0) is 12.7 Å². The summed E-state index contributed by atoms with van der Waals surface area (Å²) >= 11 is 0. The third kappa shape index (κ3) is 3.78. The summed E-state index contributed by atoms with van der Waals surface area (Å²) in [6, 6.07) is 7.44. The van der Waals surface area contributed by atoms with Crippen LogP contribution in [-0.4, -0.2) is 37.6 Å². The highest BCUT2D eigenvalue weighted by atomic mass is 19.4. The van der Waals surface area contributed by atoms with Crippen molar-refractivity contribution in [1.82, 2.24) is 24.5 Å². The highest BCUT2D eigenvalue weighted by Gasteiger charge is 2.36. The highest BCUT2D eigenvalue weighted by Crippen LogP contribution is 2.33. The second-order valence-electron chi connectivity index (χ2n) is 6.71. The van der Waals surface area contributed by atoms with E-state index >= 15 is 0 Å². The van der Waals surface area contributed by atoms with Crippen LogP contribution in [0.2, 0.25) is 0 Å². The summed E-state index contributed by atoms with van der Waals surface area (Å²) in [6.07, 6.45) is -2.04. The number of alkyl halides is 3. The summed E-state index contributed by atoms with van der Waals surface area (Å²) < 4.78 is 53.7. The Morgan fingerprint density at radius 1 is 1.07 bits per heavy atom. The van der Waals surface area contributed by atoms with Crippen LogP contribution in [0.1, 0.15) is 35.7 Å². The summed E-state index contributed by atoms with van der Waals surface area (Å²) in [5.74, 6) is -0.362. The molecule has 2 aromatic heterocycles. The zero-order valence-corrected chi connectivity index (χ0v) is 14.3. The Labute approximate surface area is 152 Å². The lowest BCUT2D eigenvalue weighted by Gasteiger charge is -2.31. The van der Waals surface area contributed by atoms with Gasteiger partial charge in [0.2, 0.25) is 0 Å². The van der Waals surface area contributed by atoms with Crippen LogP contribution in [0.15, 0.2) is 36.7 Å². The Hall–Kier alpha value is -2.55. The monoisotopic (exact) mass is 379 g/mol. The van der Waals surface area contributed by atoms with Crippen LogP contribution in [0.25, 0.3) is 5.78 Å². The lowest BCUT2D eigenvalue weighted by molar-refractivity contribution is -0.142. The van der Waals surface area contributed by atoms with Crippen molar-refractivity contribution in [3.05, 3.63) is 59.4 Å². The maximum absolute atomic E-state index is 13.3. The molecule has 0 spiro atoms. The molecule has 0 unspecified atom stereocenters. The number of fused-ring (bicyclic) bond motifs is 1. The normalized spacial score (nSPS) is 16.9. The molecule has 4 rings (SSSR count). The Kier molecular flexibility index (Phi) is 4.55. The standard InChI is InChI=1S/C18H17F4N5/c19-14-3-1-12(2-4-14)10-26-7-5-13(6-8-26)15-9-16(18(20,21)22)27-17(25-15)23-11-24-27/h1-4,9,11,13H,5-8,10H2. The first-order chi connectivity index (χ1) is 12.9. The molecule has 0 amide bonds. The molecule has 5 nitrogen and oxygen atoms in total. The molecular formula is C18H17F4N5. The topological polar surface area (TPSA) is 46.3 Å². The fourth-order valence-electron chi connectivity index (χ4n) is 3.48. The molecule has 1 aromatic carbocycles. The van der Waals surface area contributed by atoms with Crippen molar-refractivity contribution in [2.24, 2.45) is 0 Å². The van der Waals surface area contributed by atoms with Crippen LogP contribution in [0, 0.1) is 5.82 Å². The smallest absolute Gasteiger partial charge is 0.299 e. The Bertz CT molecular complexity index is 927. The van der Waals surface area contributed by atoms with Gasteiger partial charge in [0.1, 0.15) is 12.1 Å². The van der Waals surface area contributed by atoms with Crippen LogP contribution in [0.5, 0.6) is 0 Å². The van der Waals surface area contributed by atoms with Crippen molar-refractivity contribution in [1.29, 1.82) is 0 Å². The van der Waals surface area contributed by atoms with Crippen molar-refractivity contribution in [2.75, 3.05) is 13.1 Å². The lowest BCUT2D eigenvalue weighted by atomic mass is 9.92. The lowest BCUT2D eigenvalue weighted by Crippen LogP contribution is -2.33. The summed E-state index contributed by atoms with van der Waals surface area (Å²) in [5.41, 5.74) is 0.565. The van der Waals surface area contributed by atoms with E-state index in [1.54, 1.807) is 12.1 Å². The van der Waals surface area contributed by atoms with Gasteiger partial charge in [0.05, 0.1) is 0 Å². The van der Waals surface area contributed by atoms with E-state index in [-0.39, 0.29) is 17.5 Å². The molecule has 1 saturated heterocycles. The van der Waals surface area contributed by atoms with E-state index in [2.05, 4.69) is 20.0 Å². The number of piperidine rings is 1. The molecule has 1 fully saturated rings. The Balaban J connectivity index is 1.48. The molecule has 142 valence electrons. The number of benzene rings is 1. The van der Waals surface area contributed by atoms with Crippen molar-refractivity contribution in [3.63, 3.8) is 0 Å². The van der Waals surface area contributed by atoms with Gasteiger partial charge in [-0.15, -0.1) is 0 Å². The first-order valence-corrected chi connectivity index (χ1v) is 8.65. The average molecular weight is 379 g/mol. The van der Waals surface area contributed by atoms with Crippen LogP contribution < -0.4 is 0 Å². The van der Waals surface area contributed by atoms with E-state index in [9.17, 15) is 17.6 Å². The molecule has 0 saturated carbocycles. The van der Waals surface area contributed by atoms with Gasteiger partial charge in [0, 0.05) is 18.2 Å². The maximum Gasteiger partial charge on any atom is 0.433 e. The van der Waals surface area contributed by atoms with Gasteiger partial charge < -0.3 is 0 Å². The number of rotatable bonds is 3. The SMILES string of the molecule is Fc1ccc(CN2CCC(c3cc(C(F)(F)F)n4ncnc4n3)CC2)cc1. The van der Waals surface area contributed by atoms with Crippen LogP contribution >= 0.6 is 0 Å². The zero-order valence-electron chi connectivity index (χ0n) is 14.3. The van der Waals surface area contributed by atoms with Gasteiger partial charge in [0.15, 0.2) is 5.69 Å². The van der Waals surface area contributed by atoms with Crippen LogP contribution in [0.4, 0.5) is 17.6 Å². The van der Waals surface area contributed by atoms with E-state index in [1.165, 1.54) is 12.1 Å². The van der Waals surface area contributed by atoms with Crippen LogP contribution in [0.3, 0.4) is 0 Å². The van der Waals surface area contributed by atoms with E-state index in [0.717, 1.165) is 35.6 Å².